The van der Waals surface area contributed by atoms with Crippen LogP contribution < -0.4 is 21.5 Å². The Balaban J connectivity index is 0.687. The molecule has 18 nitrogen and oxygen atoms in total. The Hall–Kier alpha value is -7.42. The van der Waals surface area contributed by atoms with Gasteiger partial charge in [-0.05, 0) is 109 Å². The summed E-state index contributed by atoms with van der Waals surface area (Å²) in [4.78, 5) is 96.8. The molecule has 0 bridgehead atoms. The zero-order valence-corrected chi connectivity index (χ0v) is 52.2. The third kappa shape index (κ3) is 17.2. The fraction of sp³-hybridized carbons (Fsp3) is 0.463. The number of β-amino-alcohol motifs (C(OH)–C–C–N with tert-alkyl or cyclic N) is 1. The van der Waals surface area contributed by atoms with Gasteiger partial charge in [0, 0.05) is 101 Å². The van der Waals surface area contributed by atoms with Crippen LogP contribution in [0, 0.1) is 19.3 Å². The van der Waals surface area contributed by atoms with Crippen LogP contribution in [-0.2, 0) is 49.3 Å². The van der Waals surface area contributed by atoms with Crippen LogP contribution in [0.3, 0.4) is 0 Å². The average molecular weight is 1190 g/mol. The van der Waals surface area contributed by atoms with Gasteiger partial charge < -0.3 is 44.9 Å². The van der Waals surface area contributed by atoms with Crippen molar-refractivity contribution in [3.63, 3.8) is 0 Å². The number of hydrogen-bond acceptors (Lipinski definition) is 13. The number of nitrogens with zero attached hydrogens (tertiary/aromatic N) is 6. The number of benzene rings is 4. The second-order valence-electron chi connectivity index (χ2n) is 24.7. The molecule has 0 saturated carbocycles. The molecule has 2 aliphatic rings. The molecule has 2 aromatic heterocycles. The van der Waals surface area contributed by atoms with E-state index in [9.17, 15) is 33.9 Å². The van der Waals surface area contributed by atoms with Crippen molar-refractivity contribution in [2.75, 3.05) is 71.0 Å². The van der Waals surface area contributed by atoms with Crippen LogP contribution >= 0.6 is 11.3 Å². The molecule has 2 aliphatic heterocycles. The fourth-order valence-corrected chi connectivity index (χ4v) is 11.6. The normalized spacial score (nSPS) is 16.0. The molecule has 6 aromatic rings. The molecule has 0 radical (unpaired) electrons. The van der Waals surface area contributed by atoms with Gasteiger partial charge in [0.25, 0.3) is 17.4 Å². The smallest absolute Gasteiger partial charge is 0.272 e. The van der Waals surface area contributed by atoms with Crippen molar-refractivity contribution in [3.8, 4) is 21.7 Å². The van der Waals surface area contributed by atoms with E-state index < -0.39 is 29.5 Å². The average Bonchev–Trinajstić information content (AvgIpc) is 2.43. The van der Waals surface area contributed by atoms with Crippen molar-refractivity contribution >= 4 is 46.6 Å². The quantitative estimate of drug-likeness (QED) is 0.0420. The van der Waals surface area contributed by atoms with Crippen molar-refractivity contribution in [3.05, 3.63) is 158 Å². The Bertz CT molecular complexity index is 3360. The molecule has 0 aliphatic carbocycles. The van der Waals surface area contributed by atoms with E-state index in [1.807, 2.05) is 136 Å². The molecule has 0 spiro atoms. The van der Waals surface area contributed by atoms with E-state index in [4.69, 9.17) is 14.5 Å². The van der Waals surface area contributed by atoms with E-state index in [1.165, 1.54) is 9.47 Å². The maximum absolute atomic E-state index is 14.0. The molecule has 4 heterocycles. The highest BCUT2D eigenvalue weighted by Gasteiger charge is 2.44. The lowest BCUT2D eigenvalue weighted by Gasteiger charge is -2.35. The first-order chi connectivity index (χ1) is 41.0. The summed E-state index contributed by atoms with van der Waals surface area (Å²) in [5.74, 6) is -1.35. The van der Waals surface area contributed by atoms with Crippen molar-refractivity contribution in [1.29, 1.82) is 0 Å². The van der Waals surface area contributed by atoms with E-state index in [0.29, 0.717) is 61.1 Å². The van der Waals surface area contributed by atoms with Crippen LogP contribution in [0.25, 0.3) is 21.7 Å². The lowest BCUT2D eigenvalue weighted by atomic mass is 9.85. The maximum atomic E-state index is 14.0. The van der Waals surface area contributed by atoms with Crippen LogP contribution in [0.15, 0.2) is 107 Å². The third-order valence-electron chi connectivity index (χ3n) is 16.1. The Morgan fingerprint density at radius 3 is 2.13 bits per heavy atom. The number of carbonyl (C=O) groups excluding carboxylic acids is 5. The molecule has 8 rings (SSSR count). The molecule has 0 unspecified atom stereocenters. The number of rotatable bonds is 24. The minimum absolute atomic E-state index is 0.00426. The summed E-state index contributed by atoms with van der Waals surface area (Å²) in [6.45, 7) is 21.4. The van der Waals surface area contributed by atoms with Gasteiger partial charge >= 0.3 is 0 Å². The number of ether oxygens (including phenoxy) is 2. The molecule has 5 amide bonds. The Kier molecular flexibility index (Phi) is 22.0. The first-order valence-corrected chi connectivity index (χ1v) is 30.8. The molecular formula is C67H85N9O9S. The number of nitrogens with one attached hydrogen (secondary N) is 3. The summed E-state index contributed by atoms with van der Waals surface area (Å²) < 4.78 is 13.0. The van der Waals surface area contributed by atoms with E-state index in [-0.39, 0.29) is 73.6 Å². The van der Waals surface area contributed by atoms with Gasteiger partial charge in [0.05, 0.1) is 47.7 Å². The number of aliphatic hydroxyl groups excluding tert-OH is 1. The number of carbonyl (C=O) groups is 5. The molecule has 19 heteroatoms. The number of amides is 5. The number of anilines is 1. The van der Waals surface area contributed by atoms with Crippen LogP contribution in [0.2, 0.25) is 0 Å². The first kappa shape index (κ1) is 64.6. The standard InChI is InChI=1S/C67H85N9O9S/c1-44-53(14-13-15-54(44)71-61(79)49-24-26-51(27-25-49)66(3,4)5)56-42-73(9)64(82)55(70-56)38-46-16-22-50(23-17-46)63(81)75-32-30-74(31-33-75)29-11-10-12-34-84-36-37-85-35-28-58(78)72-60(67(6,7)8)65(83)76-41-52(77)39-57(76)62(80)68-40-47-18-20-48(21-19-47)59-45(2)69-43-86-59/h13-27,42-43,52,57,60,77H,10-12,28-41H2,1-9H3,(H,68,80)(H,71,79)(H,72,78)/t52-,57+,60-/m1/s1. The van der Waals surface area contributed by atoms with Crippen molar-refractivity contribution in [1.82, 2.24) is 39.9 Å². The predicted molar refractivity (Wildman–Crippen MR) is 336 cm³/mol. The summed E-state index contributed by atoms with van der Waals surface area (Å²) in [5.41, 5.74) is 10.3. The Morgan fingerprint density at radius 2 is 1.47 bits per heavy atom. The van der Waals surface area contributed by atoms with Crippen molar-refractivity contribution in [2.45, 2.75) is 124 Å². The summed E-state index contributed by atoms with van der Waals surface area (Å²) in [6, 6.07) is 26.8. The molecule has 2 saturated heterocycles. The highest BCUT2D eigenvalue weighted by atomic mass is 32.1. The fourth-order valence-electron chi connectivity index (χ4n) is 10.8. The third-order valence-corrected chi connectivity index (χ3v) is 17.0. The number of thiazole rings is 1. The highest BCUT2D eigenvalue weighted by molar-refractivity contribution is 7.13. The highest BCUT2D eigenvalue weighted by Crippen LogP contribution is 2.31. The summed E-state index contributed by atoms with van der Waals surface area (Å²) in [7, 11) is 1.71. The molecule has 4 N–H and O–H groups in total. The minimum Gasteiger partial charge on any atom is -0.391 e. The second-order valence-corrected chi connectivity index (χ2v) is 25.6. The lowest BCUT2D eigenvalue weighted by molar-refractivity contribution is -0.144. The van der Waals surface area contributed by atoms with Gasteiger partial charge in [-0.1, -0.05) is 102 Å². The number of aromatic nitrogens is 3. The van der Waals surface area contributed by atoms with Gasteiger partial charge in [0.1, 0.15) is 17.8 Å². The van der Waals surface area contributed by atoms with E-state index in [2.05, 4.69) is 46.6 Å². The zero-order valence-electron chi connectivity index (χ0n) is 51.4. The summed E-state index contributed by atoms with van der Waals surface area (Å²) in [5, 5.41) is 19.5. The topological polar surface area (TPSA) is 218 Å². The zero-order chi connectivity index (χ0) is 61.7. The minimum atomic E-state index is -0.927. The van der Waals surface area contributed by atoms with E-state index in [0.717, 1.165) is 82.8 Å². The number of aliphatic hydroxyl groups is 1. The van der Waals surface area contributed by atoms with Crippen molar-refractivity contribution < 1.29 is 38.6 Å². The predicted octanol–water partition coefficient (Wildman–Crippen LogP) is 8.49. The molecule has 4 aromatic carbocycles. The van der Waals surface area contributed by atoms with Gasteiger partial charge in [-0.2, -0.15) is 0 Å². The number of unbranched alkanes of at least 4 members (excludes halogenated alkanes) is 2. The largest absolute Gasteiger partial charge is 0.391 e. The van der Waals surface area contributed by atoms with Gasteiger partial charge in [-0.3, -0.25) is 33.7 Å². The van der Waals surface area contributed by atoms with Crippen LogP contribution in [0.1, 0.15) is 128 Å². The summed E-state index contributed by atoms with van der Waals surface area (Å²) in [6.07, 6.45) is 4.19. The van der Waals surface area contributed by atoms with Crippen LogP contribution in [0.5, 0.6) is 0 Å². The number of likely N-dealkylation sites (tertiary alicyclic amines) is 1. The van der Waals surface area contributed by atoms with Crippen LogP contribution in [-0.4, -0.2) is 148 Å². The lowest BCUT2D eigenvalue weighted by Crippen LogP contribution is -2.57. The number of aryl methyl sites for hydroxylation is 2. The van der Waals surface area contributed by atoms with E-state index in [1.54, 1.807) is 24.6 Å². The number of piperazine rings is 1. The molecule has 2 fully saturated rings. The first-order valence-electron chi connectivity index (χ1n) is 29.9. The molecular weight excluding hydrogens is 1110 g/mol. The van der Waals surface area contributed by atoms with Crippen molar-refractivity contribution in [2.24, 2.45) is 12.5 Å². The summed E-state index contributed by atoms with van der Waals surface area (Å²) >= 11 is 1.57. The molecule has 458 valence electrons. The second kappa shape index (κ2) is 29.3. The Morgan fingerprint density at radius 1 is 0.791 bits per heavy atom. The maximum Gasteiger partial charge on any atom is 0.272 e. The van der Waals surface area contributed by atoms with Gasteiger partial charge in [0.15, 0.2) is 0 Å². The van der Waals surface area contributed by atoms with Gasteiger partial charge in [0.2, 0.25) is 17.7 Å². The van der Waals surface area contributed by atoms with E-state index >= 15 is 0 Å². The molecule has 86 heavy (non-hydrogen) atoms. The SMILES string of the molecule is Cc1ncsc1-c1ccc(CNC(=O)[C@@H]2C[C@@H](O)CN2C(=O)[C@@H](NC(=O)CCOCCOCCCCCN2CCN(C(=O)c3ccc(Cc4nc(-c5cccc(NC(=O)c6ccc(C(C)(C)C)cc6)c5C)cn(C)c4=O)cc3)CC2)C(C)(C)C)cc1. The Labute approximate surface area is 509 Å². The van der Waals surface area contributed by atoms with Gasteiger partial charge in [-0.15, -0.1) is 11.3 Å². The number of hydrogen-bond donors (Lipinski definition) is 4. The molecule has 3 atom stereocenters. The van der Waals surface area contributed by atoms with Gasteiger partial charge in [-0.25, -0.2) is 9.97 Å². The monoisotopic (exact) mass is 1190 g/mol. The van der Waals surface area contributed by atoms with Crippen LogP contribution in [0.4, 0.5) is 5.69 Å².